The van der Waals surface area contributed by atoms with Crippen molar-refractivity contribution in [3.63, 3.8) is 0 Å². The molecule has 4 atom stereocenters. The molecule has 24 heavy (non-hydrogen) atoms. The smallest absolute Gasteiger partial charge is 0.294 e. The fourth-order valence-corrected chi connectivity index (χ4v) is 3.92. The average Bonchev–Trinajstić information content (AvgIpc) is 3.19. The summed E-state index contributed by atoms with van der Waals surface area (Å²) >= 11 is 5.78. The number of amides is 2. The summed E-state index contributed by atoms with van der Waals surface area (Å²) in [4.78, 5) is 37.0. The first-order valence-corrected chi connectivity index (χ1v) is 7.57. The predicted molar refractivity (Wildman–Crippen MR) is 81.4 cm³/mol. The number of rotatable bonds is 3. The summed E-state index contributed by atoms with van der Waals surface area (Å²) < 4.78 is 5.61. The van der Waals surface area contributed by atoms with E-state index in [2.05, 4.69) is 0 Å². The van der Waals surface area contributed by atoms with Gasteiger partial charge in [0.15, 0.2) is 0 Å². The Morgan fingerprint density at radius 3 is 2.79 bits per heavy atom. The molecule has 1 aromatic carbocycles. The summed E-state index contributed by atoms with van der Waals surface area (Å²) in [6.07, 6.45) is 2.61. The molecule has 4 rings (SSSR count). The molecule has 0 saturated carbocycles. The van der Waals surface area contributed by atoms with Crippen molar-refractivity contribution in [1.29, 1.82) is 0 Å². The van der Waals surface area contributed by atoms with Gasteiger partial charge < -0.3 is 9.84 Å². The van der Waals surface area contributed by atoms with Crippen LogP contribution in [0.4, 0.5) is 11.4 Å². The van der Waals surface area contributed by atoms with Gasteiger partial charge in [0.25, 0.3) is 5.69 Å². The van der Waals surface area contributed by atoms with Crippen LogP contribution in [0.2, 0.25) is 5.02 Å². The molecule has 8 nitrogen and oxygen atoms in total. The number of fused-ring (bicyclic) bond motifs is 5. The Balaban J connectivity index is 1.82. The van der Waals surface area contributed by atoms with E-state index in [-0.39, 0.29) is 10.7 Å². The number of nitro groups is 1. The Morgan fingerprint density at radius 1 is 1.38 bits per heavy atom. The number of anilines is 1. The fourth-order valence-electron chi connectivity index (χ4n) is 3.75. The van der Waals surface area contributed by atoms with Gasteiger partial charge >= 0.3 is 0 Å². The van der Waals surface area contributed by atoms with Crippen molar-refractivity contribution in [2.24, 2.45) is 11.8 Å². The number of aliphatic hydroxyl groups excluding tert-OH is 1. The molecule has 9 heteroatoms. The molecule has 0 aromatic heterocycles. The molecule has 0 radical (unpaired) electrons. The van der Waals surface area contributed by atoms with Crippen LogP contribution in [0.3, 0.4) is 0 Å². The number of ether oxygens (including phenoxy) is 1. The summed E-state index contributed by atoms with van der Waals surface area (Å²) in [7, 11) is 0. The molecule has 0 spiro atoms. The number of benzene rings is 1. The van der Waals surface area contributed by atoms with E-state index >= 15 is 0 Å². The zero-order valence-electron chi connectivity index (χ0n) is 12.1. The highest BCUT2D eigenvalue weighted by Gasteiger charge is 2.68. The highest BCUT2D eigenvalue weighted by atomic mass is 35.5. The molecule has 2 bridgehead atoms. The highest BCUT2D eigenvalue weighted by molar-refractivity contribution is 6.31. The number of imide groups is 1. The van der Waals surface area contributed by atoms with Gasteiger partial charge in [-0.25, -0.2) is 4.90 Å². The maximum Gasteiger partial charge on any atom is 0.294 e. The predicted octanol–water partition coefficient (Wildman–Crippen LogP) is 1.05. The van der Waals surface area contributed by atoms with Crippen LogP contribution in [0.5, 0.6) is 0 Å². The Morgan fingerprint density at radius 2 is 2.12 bits per heavy atom. The third-order valence-electron chi connectivity index (χ3n) is 4.78. The second-order valence-corrected chi connectivity index (χ2v) is 6.40. The second-order valence-electron chi connectivity index (χ2n) is 5.96. The van der Waals surface area contributed by atoms with E-state index in [1.54, 1.807) is 12.2 Å². The van der Waals surface area contributed by atoms with Gasteiger partial charge in [0.2, 0.25) is 11.8 Å². The monoisotopic (exact) mass is 350 g/mol. The molecule has 2 saturated heterocycles. The van der Waals surface area contributed by atoms with Gasteiger partial charge in [0, 0.05) is 11.1 Å². The van der Waals surface area contributed by atoms with E-state index in [4.69, 9.17) is 16.3 Å². The number of nitrogens with zero attached hydrogens (tertiary/aromatic N) is 2. The number of hydrogen-bond donors (Lipinski definition) is 1. The number of carbonyl (C=O) groups excluding carboxylic acids is 2. The molecule has 3 heterocycles. The number of nitro benzene ring substituents is 1. The molecule has 3 aliphatic rings. The minimum Gasteiger partial charge on any atom is -0.393 e. The van der Waals surface area contributed by atoms with Crippen LogP contribution in [-0.4, -0.2) is 40.2 Å². The first kappa shape index (κ1) is 15.3. The van der Waals surface area contributed by atoms with Gasteiger partial charge in [-0.15, -0.1) is 0 Å². The lowest BCUT2D eigenvalue weighted by Gasteiger charge is -2.26. The molecule has 2 fully saturated rings. The Hall–Kier alpha value is -2.29. The summed E-state index contributed by atoms with van der Waals surface area (Å²) in [5.74, 6) is -2.86. The van der Waals surface area contributed by atoms with E-state index in [0.29, 0.717) is 0 Å². The van der Waals surface area contributed by atoms with Gasteiger partial charge in [0.05, 0.1) is 29.5 Å². The summed E-state index contributed by atoms with van der Waals surface area (Å²) in [5.41, 5.74) is -1.79. The van der Waals surface area contributed by atoms with Crippen molar-refractivity contribution in [3.8, 4) is 0 Å². The Kier molecular flexibility index (Phi) is 3.08. The lowest BCUT2D eigenvalue weighted by atomic mass is 9.77. The second kappa shape index (κ2) is 4.85. The lowest BCUT2D eigenvalue weighted by molar-refractivity contribution is -0.384. The molecule has 0 unspecified atom stereocenters. The van der Waals surface area contributed by atoms with Crippen molar-refractivity contribution < 1.29 is 24.4 Å². The minimum atomic E-state index is -1.24. The molecular formula is C15H11ClN2O6. The van der Waals surface area contributed by atoms with Gasteiger partial charge in [-0.05, 0) is 12.1 Å². The number of halogens is 1. The molecule has 1 aromatic rings. The first-order chi connectivity index (χ1) is 11.4. The average molecular weight is 351 g/mol. The van der Waals surface area contributed by atoms with Gasteiger partial charge in [-0.1, -0.05) is 23.8 Å². The first-order valence-electron chi connectivity index (χ1n) is 7.19. The van der Waals surface area contributed by atoms with Crippen LogP contribution in [0.1, 0.15) is 0 Å². The van der Waals surface area contributed by atoms with Crippen LogP contribution >= 0.6 is 11.6 Å². The van der Waals surface area contributed by atoms with Crippen LogP contribution in [0, 0.1) is 22.0 Å². The topological polar surface area (TPSA) is 110 Å². The molecule has 124 valence electrons. The summed E-state index contributed by atoms with van der Waals surface area (Å²) in [6, 6.07) is 3.75. The maximum atomic E-state index is 12.8. The van der Waals surface area contributed by atoms with E-state index in [1.165, 1.54) is 12.1 Å². The van der Waals surface area contributed by atoms with Crippen molar-refractivity contribution in [2.45, 2.75) is 11.7 Å². The third-order valence-corrected chi connectivity index (χ3v) is 5.01. The molecule has 2 amide bonds. The zero-order valence-corrected chi connectivity index (χ0v) is 12.8. The lowest BCUT2D eigenvalue weighted by Crippen LogP contribution is -2.43. The van der Waals surface area contributed by atoms with Crippen LogP contribution in [-0.2, 0) is 14.3 Å². The quantitative estimate of drug-likeness (QED) is 0.377. The van der Waals surface area contributed by atoms with Crippen molar-refractivity contribution in [2.75, 3.05) is 11.5 Å². The minimum absolute atomic E-state index is 0.124. The van der Waals surface area contributed by atoms with Crippen LogP contribution in [0.15, 0.2) is 30.4 Å². The van der Waals surface area contributed by atoms with Crippen LogP contribution < -0.4 is 4.90 Å². The van der Waals surface area contributed by atoms with Crippen LogP contribution in [0.25, 0.3) is 0 Å². The van der Waals surface area contributed by atoms with E-state index < -0.39 is 52.6 Å². The van der Waals surface area contributed by atoms with Gasteiger partial charge in [0.1, 0.15) is 11.3 Å². The third kappa shape index (κ3) is 1.75. The number of carbonyl (C=O) groups is 2. The van der Waals surface area contributed by atoms with Crippen molar-refractivity contribution in [3.05, 3.63) is 45.5 Å². The highest BCUT2D eigenvalue weighted by Crippen LogP contribution is 2.53. The number of hydrogen-bond acceptors (Lipinski definition) is 6. The van der Waals surface area contributed by atoms with E-state index in [1.807, 2.05) is 0 Å². The van der Waals surface area contributed by atoms with Gasteiger partial charge in [-0.3, -0.25) is 19.7 Å². The van der Waals surface area contributed by atoms with E-state index in [9.17, 15) is 24.8 Å². The number of aliphatic hydroxyl groups is 1. The fraction of sp³-hybridized carbons (Fsp3) is 0.333. The van der Waals surface area contributed by atoms with E-state index in [0.717, 1.165) is 11.0 Å². The standard InChI is InChI=1S/C15H11ClN2O6/c16-7-1-2-8(9(5-7)18(22)23)17-13(20)11-10-3-4-15(6-19,24-10)12(11)14(17)21/h1-5,10-12,19H,6H2/t10-,11+,12-,15-/m0/s1. The normalized spacial score (nSPS) is 33.4. The Bertz CT molecular complexity index is 824. The largest absolute Gasteiger partial charge is 0.393 e. The molecule has 0 aliphatic carbocycles. The Labute approximate surface area is 140 Å². The molecular weight excluding hydrogens is 340 g/mol. The van der Waals surface area contributed by atoms with Crippen molar-refractivity contribution in [1.82, 2.24) is 0 Å². The summed E-state index contributed by atoms with van der Waals surface area (Å²) in [5, 5.41) is 21.0. The maximum absolute atomic E-state index is 12.8. The molecule has 1 N–H and O–H groups in total. The van der Waals surface area contributed by atoms with Crippen molar-refractivity contribution >= 4 is 34.8 Å². The zero-order chi connectivity index (χ0) is 17.2. The van der Waals surface area contributed by atoms with Gasteiger partial charge in [-0.2, -0.15) is 0 Å². The summed E-state index contributed by atoms with van der Waals surface area (Å²) in [6.45, 7) is -0.448. The molecule has 3 aliphatic heterocycles. The SMILES string of the molecule is O=C1[C@@H]2[C@@H]3C=C[C@@](CO)(O3)[C@@H]2C(=O)N1c1ccc(Cl)cc1[N+](=O)[O-].